The summed E-state index contributed by atoms with van der Waals surface area (Å²) in [6.07, 6.45) is 5.29. The minimum atomic E-state index is -0.286. The Morgan fingerprint density at radius 3 is 2.53 bits per heavy atom. The van der Waals surface area contributed by atoms with E-state index in [1.165, 1.54) is 6.42 Å². The smallest absolute Gasteiger partial charge is 0.221 e. The number of hydrogen-bond acceptors (Lipinski definition) is 3. The van der Waals surface area contributed by atoms with Gasteiger partial charge in [0.25, 0.3) is 0 Å². The van der Waals surface area contributed by atoms with Crippen LogP contribution in [0.25, 0.3) is 0 Å². The van der Waals surface area contributed by atoms with Gasteiger partial charge in [0.1, 0.15) is 0 Å². The highest BCUT2D eigenvalue weighted by molar-refractivity contribution is 5.77. The Kier molecular flexibility index (Phi) is 4.95. The van der Waals surface area contributed by atoms with Crippen LogP contribution in [0.5, 0.6) is 0 Å². The van der Waals surface area contributed by atoms with Crippen LogP contribution in [0, 0.1) is 5.41 Å². The second-order valence-corrected chi connectivity index (χ2v) is 5.67. The van der Waals surface area contributed by atoms with Gasteiger partial charge in [0, 0.05) is 18.6 Å². The van der Waals surface area contributed by atoms with Crippen LogP contribution in [0.1, 0.15) is 52.4 Å². The lowest BCUT2D eigenvalue weighted by atomic mass is 9.66. The zero-order valence-corrected chi connectivity index (χ0v) is 11.1. The first-order valence-electron chi connectivity index (χ1n) is 6.61. The molecule has 100 valence electrons. The Bertz CT molecular complexity index is 259. The van der Waals surface area contributed by atoms with Crippen molar-refractivity contribution < 1.29 is 9.90 Å². The highest BCUT2D eigenvalue weighted by Crippen LogP contribution is 2.42. The first-order chi connectivity index (χ1) is 7.99. The van der Waals surface area contributed by atoms with Crippen molar-refractivity contribution in [3.8, 4) is 0 Å². The molecule has 1 atom stereocenters. The molecule has 1 aliphatic carbocycles. The van der Waals surface area contributed by atoms with E-state index in [4.69, 9.17) is 10.8 Å². The fourth-order valence-electron chi connectivity index (χ4n) is 2.43. The van der Waals surface area contributed by atoms with Gasteiger partial charge in [-0.15, -0.1) is 0 Å². The summed E-state index contributed by atoms with van der Waals surface area (Å²) in [6.45, 7) is 4.71. The molecule has 4 N–H and O–H groups in total. The molecule has 1 amide bonds. The van der Waals surface area contributed by atoms with Gasteiger partial charge in [-0.2, -0.15) is 0 Å². The van der Waals surface area contributed by atoms with E-state index in [2.05, 4.69) is 5.32 Å². The van der Waals surface area contributed by atoms with Crippen molar-refractivity contribution in [1.29, 1.82) is 0 Å². The molecule has 0 heterocycles. The largest absolute Gasteiger partial charge is 0.396 e. The molecule has 0 spiro atoms. The van der Waals surface area contributed by atoms with E-state index in [0.29, 0.717) is 19.4 Å². The monoisotopic (exact) mass is 242 g/mol. The minimum Gasteiger partial charge on any atom is -0.396 e. The number of hydrogen-bond donors (Lipinski definition) is 3. The molecule has 1 unspecified atom stereocenters. The maximum absolute atomic E-state index is 12.0. The summed E-state index contributed by atoms with van der Waals surface area (Å²) in [5.41, 5.74) is 5.52. The van der Waals surface area contributed by atoms with E-state index >= 15 is 0 Å². The second-order valence-electron chi connectivity index (χ2n) is 5.67. The lowest BCUT2D eigenvalue weighted by molar-refractivity contribution is -0.126. The number of aliphatic hydroxyl groups excluding tert-OH is 1. The Balaban J connectivity index is 2.47. The SMILES string of the molecule is CCC(C)(CCO)NC(=O)CC1(CN)CCC1. The van der Waals surface area contributed by atoms with Crippen molar-refractivity contribution in [1.82, 2.24) is 5.32 Å². The molecule has 1 fully saturated rings. The maximum atomic E-state index is 12.0. The summed E-state index contributed by atoms with van der Waals surface area (Å²) in [5.74, 6) is 0.0768. The summed E-state index contributed by atoms with van der Waals surface area (Å²) in [5, 5.41) is 12.1. The van der Waals surface area contributed by atoms with Crippen LogP contribution < -0.4 is 11.1 Å². The minimum absolute atomic E-state index is 0.0535. The standard InChI is InChI=1S/C13H26N2O2/c1-3-12(2,7-8-16)15-11(17)9-13(10-14)5-4-6-13/h16H,3-10,14H2,1-2H3,(H,15,17). The molecule has 0 aromatic carbocycles. The molecule has 1 aliphatic rings. The zero-order valence-electron chi connectivity index (χ0n) is 11.1. The highest BCUT2D eigenvalue weighted by Gasteiger charge is 2.38. The number of nitrogens with one attached hydrogen (secondary N) is 1. The first kappa shape index (κ1) is 14.5. The van der Waals surface area contributed by atoms with E-state index in [0.717, 1.165) is 19.3 Å². The molecule has 0 bridgehead atoms. The predicted octanol–water partition coefficient (Wildman–Crippen LogP) is 1.17. The van der Waals surface area contributed by atoms with Gasteiger partial charge in [-0.05, 0) is 44.6 Å². The summed E-state index contributed by atoms with van der Waals surface area (Å²) < 4.78 is 0. The van der Waals surface area contributed by atoms with Crippen LogP contribution in [0.4, 0.5) is 0 Å². The Labute approximate surface area is 104 Å². The number of aliphatic hydroxyl groups is 1. The van der Waals surface area contributed by atoms with Crippen molar-refractivity contribution in [2.24, 2.45) is 11.1 Å². The van der Waals surface area contributed by atoms with Crippen molar-refractivity contribution >= 4 is 5.91 Å². The van der Waals surface area contributed by atoms with Gasteiger partial charge >= 0.3 is 0 Å². The normalized spacial score (nSPS) is 21.4. The zero-order chi connectivity index (χ0) is 12.9. The number of carbonyl (C=O) groups excluding carboxylic acids is 1. The van der Waals surface area contributed by atoms with Crippen molar-refractivity contribution in [3.63, 3.8) is 0 Å². The van der Waals surface area contributed by atoms with E-state index < -0.39 is 0 Å². The van der Waals surface area contributed by atoms with Crippen molar-refractivity contribution in [2.75, 3.05) is 13.2 Å². The fraction of sp³-hybridized carbons (Fsp3) is 0.923. The molecule has 4 nitrogen and oxygen atoms in total. The van der Waals surface area contributed by atoms with E-state index in [9.17, 15) is 4.79 Å². The third-order valence-electron chi connectivity index (χ3n) is 4.27. The first-order valence-corrected chi connectivity index (χ1v) is 6.61. The van der Waals surface area contributed by atoms with Crippen LogP contribution in [0.2, 0.25) is 0 Å². The van der Waals surface area contributed by atoms with Crippen LogP contribution >= 0.6 is 0 Å². The average molecular weight is 242 g/mol. The third kappa shape index (κ3) is 3.68. The van der Waals surface area contributed by atoms with E-state index in [1.807, 2.05) is 13.8 Å². The second kappa shape index (κ2) is 5.83. The number of carbonyl (C=O) groups is 1. The molecule has 1 rings (SSSR count). The summed E-state index contributed by atoms with van der Waals surface area (Å²) in [7, 11) is 0. The molecule has 0 radical (unpaired) electrons. The quantitative estimate of drug-likeness (QED) is 0.627. The van der Waals surface area contributed by atoms with Crippen molar-refractivity contribution in [3.05, 3.63) is 0 Å². The molecule has 17 heavy (non-hydrogen) atoms. The molecular formula is C13H26N2O2. The lowest BCUT2D eigenvalue weighted by Crippen LogP contribution is -2.49. The topological polar surface area (TPSA) is 75.3 Å². The van der Waals surface area contributed by atoms with Crippen LogP contribution in [0.15, 0.2) is 0 Å². The van der Waals surface area contributed by atoms with Gasteiger partial charge in [-0.3, -0.25) is 4.79 Å². The summed E-state index contributed by atoms with van der Waals surface area (Å²) >= 11 is 0. The van der Waals surface area contributed by atoms with Gasteiger partial charge in [0.15, 0.2) is 0 Å². The molecule has 0 aliphatic heterocycles. The summed E-state index contributed by atoms with van der Waals surface area (Å²) in [6, 6.07) is 0. The fourth-order valence-corrected chi connectivity index (χ4v) is 2.43. The molecule has 0 aromatic heterocycles. The Morgan fingerprint density at radius 2 is 2.18 bits per heavy atom. The number of amides is 1. The van der Waals surface area contributed by atoms with Crippen LogP contribution in [-0.4, -0.2) is 29.7 Å². The third-order valence-corrected chi connectivity index (χ3v) is 4.27. The summed E-state index contributed by atoms with van der Waals surface area (Å²) in [4.78, 5) is 12.0. The van der Waals surface area contributed by atoms with Crippen molar-refractivity contribution in [2.45, 2.75) is 57.9 Å². The van der Waals surface area contributed by atoms with Gasteiger partial charge in [-0.25, -0.2) is 0 Å². The molecule has 0 aromatic rings. The van der Waals surface area contributed by atoms with Gasteiger partial charge in [0.05, 0.1) is 0 Å². The molecule has 0 saturated heterocycles. The molecule has 4 heteroatoms. The van der Waals surface area contributed by atoms with Crippen LogP contribution in [-0.2, 0) is 4.79 Å². The number of rotatable bonds is 7. The Hall–Kier alpha value is -0.610. The number of nitrogens with two attached hydrogens (primary N) is 1. The molecular weight excluding hydrogens is 216 g/mol. The predicted molar refractivity (Wildman–Crippen MR) is 68.5 cm³/mol. The van der Waals surface area contributed by atoms with Gasteiger partial charge in [-0.1, -0.05) is 13.3 Å². The molecule has 1 saturated carbocycles. The van der Waals surface area contributed by atoms with Gasteiger partial charge in [0.2, 0.25) is 5.91 Å². The maximum Gasteiger partial charge on any atom is 0.221 e. The Morgan fingerprint density at radius 1 is 1.53 bits per heavy atom. The van der Waals surface area contributed by atoms with E-state index in [-0.39, 0.29) is 23.5 Å². The lowest BCUT2D eigenvalue weighted by Gasteiger charge is -2.41. The average Bonchev–Trinajstić information content (AvgIpc) is 2.24. The van der Waals surface area contributed by atoms with E-state index in [1.54, 1.807) is 0 Å². The highest BCUT2D eigenvalue weighted by atomic mass is 16.3. The van der Waals surface area contributed by atoms with Gasteiger partial charge < -0.3 is 16.2 Å². The van der Waals surface area contributed by atoms with Crippen LogP contribution in [0.3, 0.4) is 0 Å².